The molecule has 0 aliphatic rings. The van der Waals surface area contributed by atoms with Crippen molar-refractivity contribution in [2.75, 3.05) is 6.61 Å². The van der Waals surface area contributed by atoms with Crippen molar-refractivity contribution >= 4 is 12.4 Å². The van der Waals surface area contributed by atoms with Gasteiger partial charge >= 0.3 is 0 Å². The van der Waals surface area contributed by atoms with Gasteiger partial charge in [-0.2, -0.15) is 0 Å². The lowest BCUT2D eigenvalue weighted by atomic mass is 10.2. The summed E-state index contributed by atoms with van der Waals surface area (Å²) in [6.07, 6.45) is 3.89. The molecular formula is C11H18ClNO3. The minimum atomic E-state index is -0.328. The molecule has 2 N–H and O–H groups in total. The van der Waals surface area contributed by atoms with Crippen LogP contribution in [-0.2, 0) is 13.0 Å². The SMILES string of the molecule is CCc1c(O)c(=O)ccn1CCCCO.Cl. The molecule has 1 rings (SSSR count). The first kappa shape index (κ1) is 15.0. The van der Waals surface area contributed by atoms with Crippen molar-refractivity contribution < 1.29 is 10.2 Å². The number of pyridine rings is 1. The molecule has 0 amide bonds. The van der Waals surface area contributed by atoms with Crippen LogP contribution in [0.2, 0.25) is 0 Å². The first-order valence-electron chi connectivity index (χ1n) is 5.22. The summed E-state index contributed by atoms with van der Waals surface area (Å²) in [6.45, 7) is 2.79. The van der Waals surface area contributed by atoms with Crippen LogP contribution in [0.3, 0.4) is 0 Å². The number of rotatable bonds is 5. The number of unbranched alkanes of at least 4 members (excludes halogenated alkanes) is 1. The first-order valence-corrected chi connectivity index (χ1v) is 5.22. The first-order chi connectivity index (χ1) is 7.20. The average molecular weight is 248 g/mol. The van der Waals surface area contributed by atoms with E-state index in [0.717, 1.165) is 19.4 Å². The lowest BCUT2D eigenvalue weighted by Gasteiger charge is -2.12. The second-order valence-corrected chi connectivity index (χ2v) is 3.45. The largest absolute Gasteiger partial charge is 0.503 e. The van der Waals surface area contributed by atoms with E-state index in [4.69, 9.17) is 5.11 Å². The predicted octanol–water partition coefficient (Wildman–Crippen LogP) is 1.31. The zero-order valence-electron chi connectivity index (χ0n) is 9.35. The molecule has 0 fully saturated rings. The third-order valence-corrected chi connectivity index (χ3v) is 2.40. The van der Waals surface area contributed by atoms with E-state index < -0.39 is 0 Å². The summed E-state index contributed by atoms with van der Waals surface area (Å²) in [7, 11) is 0. The summed E-state index contributed by atoms with van der Waals surface area (Å²) in [5, 5.41) is 18.2. The van der Waals surface area contributed by atoms with Crippen LogP contribution in [0.5, 0.6) is 5.75 Å². The molecule has 0 atom stereocenters. The van der Waals surface area contributed by atoms with Crippen LogP contribution in [0.1, 0.15) is 25.5 Å². The highest BCUT2D eigenvalue weighted by molar-refractivity contribution is 5.85. The van der Waals surface area contributed by atoms with Crippen LogP contribution >= 0.6 is 12.4 Å². The van der Waals surface area contributed by atoms with Gasteiger partial charge in [-0.15, -0.1) is 12.4 Å². The van der Waals surface area contributed by atoms with Gasteiger partial charge in [0.1, 0.15) is 0 Å². The normalized spacial score (nSPS) is 9.88. The second kappa shape index (κ2) is 7.30. The highest BCUT2D eigenvalue weighted by Crippen LogP contribution is 2.12. The van der Waals surface area contributed by atoms with Gasteiger partial charge in [-0.3, -0.25) is 4.79 Å². The molecule has 0 spiro atoms. The summed E-state index contributed by atoms with van der Waals surface area (Å²) < 4.78 is 1.87. The molecule has 1 aromatic rings. The zero-order chi connectivity index (χ0) is 11.3. The molecule has 0 bridgehead atoms. The lowest BCUT2D eigenvalue weighted by Crippen LogP contribution is -2.12. The van der Waals surface area contributed by atoms with Crippen molar-refractivity contribution in [3.8, 4) is 5.75 Å². The smallest absolute Gasteiger partial charge is 0.223 e. The maximum absolute atomic E-state index is 11.2. The van der Waals surface area contributed by atoms with Gasteiger partial charge in [-0.25, -0.2) is 0 Å². The molecule has 0 radical (unpaired) electrons. The zero-order valence-corrected chi connectivity index (χ0v) is 10.2. The summed E-state index contributed by atoms with van der Waals surface area (Å²) in [5.74, 6) is -0.149. The number of nitrogens with zero attached hydrogens (tertiary/aromatic N) is 1. The Labute approximate surface area is 101 Å². The topological polar surface area (TPSA) is 62.5 Å². The van der Waals surface area contributed by atoms with E-state index in [1.807, 2.05) is 11.5 Å². The Morgan fingerprint density at radius 1 is 1.38 bits per heavy atom. The molecule has 16 heavy (non-hydrogen) atoms. The number of aliphatic hydroxyl groups excluding tert-OH is 1. The van der Waals surface area contributed by atoms with E-state index in [1.165, 1.54) is 6.07 Å². The van der Waals surface area contributed by atoms with Crippen LogP contribution in [-0.4, -0.2) is 21.4 Å². The minimum absolute atomic E-state index is 0. The molecule has 0 unspecified atom stereocenters. The number of aromatic nitrogens is 1. The predicted molar refractivity (Wildman–Crippen MR) is 65.3 cm³/mol. The number of aromatic hydroxyl groups is 1. The fourth-order valence-electron chi connectivity index (χ4n) is 1.58. The molecule has 1 aromatic heterocycles. The molecule has 0 saturated carbocycles. The number of hydrogen-bond acceptors (Lipinski definition) is 3. The van der Waals surface area contributed by atoms with Crippen molar-refractivity contribution in [1.29, 1.82) is 0 Å². The Hall–Kier alpha value is -1.00. The molecule has 0 aliphatic carbocycles. The van der Waals surface area contributed by atoms with Crippen molar-refractivity contribution in [2.45, 2.75) is 32.7 Å². The van der Waals surface area contributed by atoms with Gasteiger partial charge in [0.2, 0.25) is 5.43 Å². The molecule has 92 valence electrons. The Kier molecular flexibility index (Phi) is 6.85. The Morgan fingerprint density at radius 2 is 2.06 bits per heavy atom. The number of hydrogen-bond donors (Lipinski definition) is 2. The van der Waals surface area contributed by atoms with Crippen molar-refractivity contribution in [1.82, 2.24) is 4.57 Å². The monoisotopic (exact) mass is 247 g/mol. The maximum atomic E-state index is 11.2. The summed E-state index contributed by atoms with van der Waals surface area (Å²) >= 11 is 0. The van der Waals surface area contributed by atoms with Crippen molar-refractivity contribution in [3.05, 3.63) is 28.2 Å². The summed E-state index contributed by atoms with van der Waals surface area (Å²) in [4.78, 5) is 11.2. The Bertz CT molecular complexity index is 376. The summed E-state index contributed by atoms with van der Waals surface area (Å²) in [5.41, 5.74) is 0.339. The van der Waals surface area contributed by atoms with Crippen LogP contribution < -0.4 is 5.43 Å². The standard InChI is InChI=1S/C11H17NO3.ClH/c1-2-9-11(15)10(14)5-7-12(9)6-3-4-8-13;/h5,7,13,15H,2-4,6,8H2,1H3;1H. The van der Waals surface area contributed by atoms with Crippen molar-refractivity contribution in [3.63, 3.8) is 0 Å². The van der Waals surface area contributed by atoms with Gasteiger partial charge in [0.15, 0.2) is 5.75 Å². The van der Waals surface area contributed by atoms with Gasteiger partial charge in [0.25, 0.3) is 0 Å². The molecule has 0 aromatic carbocycles. The van der Waals surface area contributed by atoms with Gasteiger partial charge in [-0.1, -0.05) is 6.92 Å². The third kappa shape index (κ3) is 3.54. The van der Waals surface area contributed by atoms with E-state index in [9.17, 15) is 9.90 Å². The van der Waals surface area contributed by atoms with Crippen LogP contribution in [0.15, 0.2) is 17.1 Å². The average Bonchev–Trinajstić information content (AvgIpc) is 2.24. The van der Waals surface area contributed by atoms with E-state index in [2.05, 4.69) is 0 Å². The fraction of sp³-hybridized carbons (Fsp3) is 0.545. The van der Waals surface area contributed by atoms with E-state index in [-0.39, 0.29) is 30.2 Å². The van der Waals surface area contributed by atoms with E-state index >= 15 is 0 Å². The van der Waals surface area contributed by atoms with Gasteiger partial charge < -0.3 is 14.8 Å². The van der Waals surface area contributed by atoms with Crippen LogP contribution in [0.4, 0.5) is 0 Å². The number of aryl methyl sites for hydroxylation is 1. The highest BCUT2D eigenvalue weighted by atomic mass is 35.5. The summed E-state index contributed by atoms with van der Waals surface area (Å²) in [6, 6.07) is 1.37. The highest BCUT2D eigenvalue weighted by Gasteiger charge is 2.07. The van der Waals surface area contributed by atoms with Gasteiger partial charge in [0, 0.05) is 25.4 Å². The van der Waals surface area contributed by atoms with Crippen LogP contribution in [0, 0.1) is 0 Å². The molecule has 5 heteroatoms. The quantitative estimate of drug-likeness (QED) is 0.772. The number of aliphatic hydroxyl groups is 1. The maximum Gasteiger partial charge on any atom is 0.223 e. The molecular weight excluding hydrogens is 230 g/mol. The number of halogens is 1. The van der Waals surface area contributed by atoms with Gasteiger partial charge in [0.05, 0.1) is 5.69 Å². The second-order valence-electron chi connectivity index (χ2n) is 3.45. The minimum Gasteiger partial charge on any atom is -0.503 e. The van der Waals surface area contributed by atoms with E-state index in [0.29, 0.717) is 12.1 Å². The molecule has 1 heterocycles. The Morgan fingerprint density at radius 3 is 2.62 bits per heavy atom. The van der Waals surface area contributed by atoms with E-state index in [1.54, 1.807) is 6.20 Å². The van der Waals surface area contributed by atoms with Gasteiger partial charge in [-0.05, 0) is 19.3 Å². The van der Waals surface area contributed by atoms with Crippen molar-refractivity contribution in [2.24, 2.45) is 0 Å². The Balaban J connectivity index is 0.00000225. The molecule has 0 aliphatic heterocycles. The van der Waals surface area contributed by atoms with Crippen LogP contribution in [0.25, 0.3) is 0 Å². The third-order valence-electron chi connectivity index (χ3n) is 2.40. The fourth-order valence-corrected chi connectivity index (χ4v) is 1.58. The lowest BCUT2D eigenvalue weighted by molar-refractivity contribution is 0.280. The molecule has 0 saturated heterocycles. The molecule has 4 nitrogen and oxygen atoms in total.